The summed E-state index contributed by atoms with van der Waals surface area (Å²) in [5, 5.41) is 4.44. The highest BCUT2D eigenvalue weighted by Crippen LogP contribution is 2.45. The Bertz CT molecular complexity index is 480. The molecule has 0 amide bonds. The fourth-order valence-electron chi connectivity index (χ4n) is 3.93. The lowest BCUT2D eigenvalue weighted by molar-refractivity contribution is 0.00666. The van der Waals surface area contributed by atoms with E-state index in [0.29, 0.717) is 6.04 Å². The van der Waals surface area contributed by atoms with E-state index in [0.717, 1.165) is 23.7 Å². The number of benzene rings is 1. The second-order valence-corrected chi connectivity index (χ2v) is 6.99. The maximum absolute atomic E-state index is 6.53. The predicted molar refractivity (Wildman–Crippen MR) is 88.2 cm³/mol. The zero-order valence-corrected chi connectivity index (χ0v) is 13.7. The third kappa shape index (κ3) is 3.37. The Morgan fingerprint density at radius 2 is 1.90 bits per heavy atom. The summed E-state index contributed by atoms with van der Waals surface area (Å²) in [6.07, 6.45) is 10.1. The van der Waals surface area contributed by atoms with Crippen LogP contribution < -0.4 is 10.1 Å². The van der Waals surface area contributed by atoms with Gasteiger partial charge in [-0.15, -0.1) is 0 Å². The van der Waals surface area contributed by atoms with Crippen LogP contribution in [0.1, 0.15) is 69.9 Å². The van der Waals surface area contributed by atoms with Gasteiger partial charge in [0.25, 0.3) is 0 Å². The van der Waals surface area contributed by atoms with Gasteiger partial charge in [0.1, 0.15) is 11.4 Å². The van der Waals surface area contributed by atoms with Gasteiger partial charge in [-0.1, -0.05) is 37.8 Å². The minimum atomic E-state index is 0.0358. The van der Waals surface area contributed by atoms with Crippen LogP contribution in [-0.4, -0.2) is 12.1 Å². The second-order valence-electron chi connectivity index (χ2n) is 6.55. The molecule has 2 aliphatic rings. The molecule has 21 heavy (non-hydrogen) atoms. The van der Waals surface area contributed by atoms with Crippen molar-refractivity contribution in [2.75, 3.05) is 6.54 Å². The van der Waals surface area contributed by atoms with Crippen molar-refractivity contribution >= 4 is 11.6 Å². The molecule has 116 valence electrons. The van der Waals surface area contributed by atoms with E-state index in [9.17, 15) is 0 Å². The zero-order valence-electron chi connectivity index (χ0n) is 13.0. The van der Waals surface area contributed by atoms with E-state index in [1.54, 1.807) is 0 Å². The third-order valence-corrected chi connectivity index (χ3v) is 5.20. The van der Waals surface area contributed by atoms with Gasteiger partial charge in [0.2, 0.25) is 0 Å². The third-order valence-electron chi connectivity index (χ3n) is 4.97. The van der Waals surface area contributed by atoms with Gasteiger partial charge in [0, 0.05) is 23.0 Å². The quantitative estimate of drug-likeness (QED) is 0.805. The molecule has 0 saturated heterocycles. The van der Waals surface area contributed by atoms with Crippen LogP contribution in [0, 0.1) is 0 Å². The van der Waals surface area contributed by atoms with Gasteiger partial charge < -0.3 is 10.1 Å². The number of fused-ring (bicyclic) bond motifs is 1. The summed E-state index contributed by atoms with van der Waals surface area (Å²) in [5.41, 5.74) is 1.27. The van der Waals surface area contributed by atoms with Gasteiger partial charge in [0.15, 0.2) is 0 Å². The molecule has 1 N–H and O–H groups in total. The standard InChI is InChI=1S/C18H26ClNO/c1-2-20-16-13-18(10-6-4-3-5-7-11-18)21-17-9-8-14(19)12-15(16)17/h8-9,12,16,20H,2-7,10-11,13H2,1H3. The summed E-state index contributed by atoms with van der Waals surface area (Å²) in [6.45, 7) is 3.15. The number of nitrogens with one attached hydrogen (secondary N) is 1. The van der Waals surface area contributed by atoms with Crippen molar-refractivity contribution in [2.24, 2.45) is 0 Å². The predicted octanol–water partition coefficient (Wildman–Crippen LogP) is 5.26. The van der Waals surface area contributed by atoms with E-state index in [1.807, 2.05) is 6.07 Å². The number of hydrogen-bond acceptors (Lipinski definition) is 2. The van der Waals surface area contributed by atoms with Crippen LogP contribution in [0.3, 0.4) is 0 Å². The Labute approximate surface area is 133 Å². The van der Waals surface area contributed by atoms with Crippen molar-refractivity contribution in [1.29, 1.82) is 0 Å². The first-order valence-corrected chi connectivity index (χ1v) is 8.82. The summed E-state index contributed by atoms with van der Waals surface area (Å²) < 4.78 is 6.53. The molecular weight excluding hydrogens is 282 g/mol. The van der Waals surface area contributed by atoms with E-state index >= 15 is 0 Å². The zero-order chi connectivity index (χ0) is 14.7. The Morgan fingerprint density at radius 1 is 1.19 bits per heavy atom. The molecule has 1 unspecified atom stereocenters. The number of ether oxygens (including phenoxy) is 1. The fraction of sp³-hybridized carbons (Fsp3) is 0.667. The number of hydrogen-bond donors (Lipinski definition) is 1. The maximum atomic E-state index is 6.53. The SMILES string of the molecule is CCNC1CC2(CCCCCCC2)Oc2ccc(Cl)cc21. The van der Waals surface area contributed by atoms with Crippen LogP contribution in [0.5, 0.6) is 5.75 Å². The summed E-state index contributed by atoms with van der Waals surface area (Å²) in [7, 11) is 0. The molecule has 1 aromatic rings. The van der Waals surface area contributed by atoms with E-state index in [2.05, 4.69) is 24.4 Å². The van der Waals surface area contributed by atoms with Crippen LogP contribution in [0.4, 0.5) is 0 Å². The van der Waals surface area contributed by atoms with Gasteiger partial charge in [-0.2, -0.15) is 0 Å². The highest BCUT2D eigenvalue weighted by molar-refractivity contribution is 6.30. The summed E-state index contributed by atoms with van der Waals surface area (Å²) in [6, 6.07) is 6.45. The van der Waals surface area contributed by atoms with Gasteiger partial charge in [-0.3, -0.25) is 0 Å². The van der Waals surface area contributed by atoms with Gasteiger partial charge in [0.05, 0.1) is 0 Å². The molecule has 1 aliphatic carbocycles. The molecule has 1 fully saturated rings. The van der Waals surface area contributed by atoms with Crippen molar-refractivity contribution in [1.82, 2.24) is 5.32 Å². The largest absolute Gasteiger partial charge is 0.487 e. The van der Waals surface area contributed by atoms with E-state index in [1.165, 1.54) is 50.5 Å². The lowest BCUT2D eigenvalue weighted by Gasteiger charge is -2.43. The topological polar surface area (TPSA) is 21.3 Å². The Balaban J connectivity index is 1.90. The fourth-order valence-corrected chi connectivity index (χ4v) is 4.11. The van der Waals surface area contributed by atoms with Gasteiger partial charge >= 0.3 is 0 Å². The molecule has 1 aromatic carbocycles. The maximum Gasteiger partial charge on any atom is 0.125 e. The van der Waals surface area contributed by atoms with Gasteiger partial charge in [-0.25, -0.2) is 0 Å². The smallest absolute Gasteiger partial charge is 0.125 e. The van der Waals surface area contributed by atoms with Crippen LogP contribution in [0.25, 0.3) is 0 Å². The molecule has 1 saturated carbocycles. The number of halogens is 1. The minimum absolute atomic E-state index is 0.0358. The molecule has 1 spiro atoms. The number of rotatable bonds is 2. The average molecular weight is 308 g/mol. The Kier molecular flexibility index (Phi) is 4.75. The molecule has 3 heteroatoms. The lowest BCUT2D eigenvalue weighted by atomic mass is 9.78. The monoisotopic (exact) mass is 307 g/mol. The first-order chi connectivity index (χ1) is 10.2. The molecule has 0 radical (unpaired) electrons. The van der Waals surface area contributed by atoms with Crippen LogP contribution >= 0.6 is 11.6 Å². The minimum Gasteiger partial charge on any atom is -0.487 e. The first-order valence-electron chi connectivity index (χ1n) is 8.44. The molecular formula is C18H26ClNO. The van der Waals surface area contributed by atoms with Crippen LogP contribution in [0.15, 0.2) is 18.2 Å². The average Bonchev–Trinajstić information content (AvgIpc) is 2.45. The Morgan fingerprint density at radius 3 is 2.62 bits per heavy atom. The molecule has 2 nitrogen and oxygen atoms in total. The van der Waals surface area contributed by atoms with Crippen molar-refractivity contribution in [3.8, 4) is 5.75 Å². The first kappa shape index (κ1) is 15.2. The van der Waals surface area contributed by atoms with Crippen molar-refractivity contribution in [3.63, 3.8) is 0 Å². The van der Waals surface area contributed by atoms with E-state index in [-0.39, 0.29) is 5.60 Å². The molecule has 0 bridgehead atoms. The van der Waals surface area contributed by atoms with Crippen LogP contribution in [0.2, 0.25) is 5.02 Å². The second kappa shape index (κ2) is 6.58. The highest BCUT2D eigenvalue weighted by Gasteiger charge is 2.40. The van der Waals surface area contributed by atoms with Crippen molar-refractivity contribution in [2.45, 2.75) is 69.9 Å². The summed E-state index contributed by atoms with van der Waals surface area (Å²) >= 11 is 6.18. The van der Waals surface area contributed by atoms with Crippen molar-refractivity contribution in [3.05, 3.63) is 28.8 Å². The summed E-state index contributed by atoms with van der Waals surface area (Å²) in [5.74, 6) is 1.04. The van der Waals surface area contributed by atoms with Gasteiger partial charge in [-0.05, 0) is 50.4 Å². The Hall–Kier alpha value is -0.730. The molecule has 3 rings (SSSR count). The molecule has 1 aliphatic heterocycles. The van der Waals surface area contributed by atoms with Crippen LogP contribution in [-0.2, 0) is 0 Å². The van der Waals surface area contributed by atoms with E-state index < -0.39 is 0 Å². The highest BCUT2D eigenvalue weighted by atomic mass is 35.5. The summed E-state index contributed by atoms with van der Waals surface area (Å²) in [4.78, 5) is 0. The van der Waals surface area contributed by atoms with Crippen molar-refractivity contribution < 1.29 is 4.74 Å². The molecule has 1 heterocycles. The molecule has 1 atom stereocenters. The molecule has 0 aromatic heterocycles. The lowest BCUT2D eigenvalue weighted by Crippen LogP contribution is -2.44. The van der Waals surface area contributed by atoms with E-state index in [4.69, 9.17) is 16.3 Å². The normalized spacial score (nSPS) is 24.8.